The Kier molecular flexibility index (Phi) is 6.73. The van der Waals surface area contributed by atoms with E-state index in [-0.39, 0.29) is 48.5 Å². The number of carbonyl (C=O) groups excluding carboxylic acids is 4. The summed E-state index contributed by atoms with van der Waals surface area (Å²) in [4.78, 5) is 53.3. The highest BCUT2D eigenvalue weighted by Gasteiger charge is 2.32. The first-order valence-corrected chi connectivity index (χ1v) is 12.3. The van der Waals surface area contributed by atoms with Crippen LogP contribution in [-0.4, -0.2) is 51.4 Å². The van der Waals surface area contributed by atoms with E-state index < -0.39 is 23.0 Å². The topological polar surface area (TPSA) is 170 Å². The largest absolute Gasteiger partial charge is 0.482 e. The average molecular weight is 536 g/mol. The van der Waals surface area contributed by atoms with Gasteiger partial charge in [0.2, 0.25) is 5.91 Å². The minimum Gasteiger partial charge on any atom is -0.482 e. The lowest BCUT2D eigenvalue weighted by Crippen LogP contribution is -2.36. The lowest BCUT2D eigenvalue weighted by Gasteiger charge is -2.29. The zero-order chi connectivity index (χ0) is 27.7. The molecule has 3 heterocycles. The van der Waals surface area contributed by atoms with Crippen molar-refractivity contribution in [3.63, 3.8) is 0 Å². The minimum atomic E-state index is -0.787. The second kappa shape index (κ2) is 10.2. The maximum Gasteiger partial charge on any atom is 0.270 e. The number of nitrogens with two attached hydrogens (primary N) is 1. The zero-order valence-electron chi connectivity index (χ0n) is 21.0. The maximum atomic E-state index is 14.4. The third kappa shape index (κ3) is 5.28. The summed E-state index contributed by atoms with van der Waals surface area (Å²) >= 11 is 0. The molecule has 5 rings (SSSR count). The normalized spacial score (nSPS) is 18.4. The fourth-order valence-corrected chi connectivity index (χ4v) is 4.41. The van der Waals surface area contributed by atoms with Gasteiger partial charge in [0.1, 0.15) is 17.1 Å². The van der Waals surface area contributed by atoms with Gasteiger partial charge in [-0.1, -0.05) is 24.6 Å². The summed E-state index contributed by atoms with van der Waals surface area (Å²) in [5.74, 6) is -2.11. The molecule has 1 aliphatic carbocycles. The number of nitrogens with one attached hydrogen (secondary N) is 3. The first kappa shape index (κ1) is 25.8. The number of rotatable bonds is 7. The first-order valence-electron chi connectivity index (χ1n) is 12.3. The SMILES string of the molecule is CC1(C(N)=O)CC=C(CNC(=O)c2cc(C(=O)NCc3ccc4c(c3)NC(=O)CO4)nc3c(F)cnn23)CC1. The number of fused-ring (bicyclic) bond motifs is 2. The number of ether oxygens (including phenoxy) is 1. The van der Waals surface area contributed by atoms with E-state index in [0.717, 1.165) is 16.3 Å². The molecule has 4 amide bonds. The van der Waals surface area contributed by atoms with Crippen molar-refractivity contribution in [1.29, 1.82) is 0 Å². The smallest absolute Gasteiger partial charge is 0.270 e. The molecule has 202 valence electrons. The highest BCUT2D eigenvalue weighted by molar-refractivity contribution is 5.98. The van der Waals surface area contributed by atoms with Gasteiger partial charge in [0, 0.05) is 24.6 Å². The summed E-state index contributed by atoms with van der Waals surface area (Å²) in [6, 6.07) is 6.32. The van der Waals surface area contributed by atoms with Crippen molar-refractivity contribution in [3.05, 3.63) is 64.9 Å². The Labute approximate surface area is 221 Å². The van der Waals surface area contributed by atoms with Crippen LogP contribution in [0.3, 0.4) is 0 Å². The molecule has 0 spiro atoms. The number of nitrogens with zero attached hydrogens (tertiary/aromatic N) is 3. The Bertz CT molecular complexity index is 1550. The van der Waals surface area contributed by atoms with Gasteiger partial charge in [0.15, 0.2) is 18.1 Å². The lowest BCUT2D eigenvalue weighted by atomic mass is 9.76. The Balaban J connectivity index is 1.30. The molecule has 13 heteroatoms. The van der Waals surface area contributed by atoms with Crippen LogP contribution in [0, 0.1) is 11.2 Å². The van der Waals surface area contributed by atoms with Gasteiger partial charge in [-0.3, -0.25) is 19.2 Å². The van der Waals surface area contributed by atoms with Crippen LogP contribution >= 0.6 is 0 Å². The molecule has 1 aliphatic heterocycles. The third-order valence-corrected chi connectivity index (χ3v) is 6.93. The Morgan fingerprint density at radius 1 is 1.21 bits per heavy atom. The monoisotopic (exact) mass is 535 g/mol. The number of hydrogen-bond acceptors (Lipinski definition) is 7. The van der Waals surface area contributed by atoms with Crippen molar-refractivity contribution in [2.45, 2.75) is 32.7 Å². The maximum absolute atomic E-state index is 14.4. The molecule has 12 nitrogen and oxygen atoms in total. The van der Waals surface area contributed by atoms with E-state index in [0.29, 0.717) is 36.3 Å². The van der Waals surface area contributed by atoms with Crippen LogP contribution in [0.1, 0.15) is 52.7 Å². The number of carbonyl (C=O) groups is 4. The van der Waals surface area contributed by atoms with Gasteiger partial charge in [-0.2, -0.15) is 5.10 Å². The Hall–Kier alpha value is -4.81. The van der Waals surface area contributed by atoms with E-state index in [2.05, 4.69) is 26.0 Å². The van der Waals surface area contributed by atoms with Gasteiger partial charge >= 0.3 is 0 Å². The fourth-order valence-electron chi connectivity index (χ4n) is 4.41. The second-order valence-corrected chi connectivity index (χ2v) is 9.78. The molecule has 0 radical (unpaired) electrons. The molecule has 1 atom stereocenters. The van der Waals surface area contributed by atoms with E-state index in [4.69, 9.17) is 10.5 Å². The van der Waals surface area contributed by atoms with Crippen LogP contribution < -0.4 is 26.4 Å². The van der Waals surface area contributed by atoms with Crippen molar-refractivity contribution in [2.75, 3.05) is 18.5 Å². The number of allylic oxidation sites excluding steroid dienone is 1. The van der Waals surface area contributed by atoms with E-state index >= 15 is 0 Å². The van der Waals surface area contributed by atoms with Crippen LogP contribution in [0.2, 0.25) is 0 Å². The Morgan fingerprint density at radius 3 is 2.74 bits per heavy atom. The van der Waals surface area contributed by atoms with Crippen molar-refractivity contribution < 1.29 is 28.3 Å². The van der Waals surface area contributed by atoms with Crippen molar-refractivity contribution in [1.82, 2.24) is 25.2 Å². The van der Waals surface area contributed by atoms with Gasteiger partial charge < -0.3 is 26.4 Å². The minimum absolute atomic E-state index is 0.0649. The van der Waals surface area contributed by atoms with Crippen LogP contribution in [0.4, 0.5) is 10.1 Å². The third-order valence-electron chi connectivity index (χ3n) is 6.93. The molecular weight excluding hydrogens is 509 g/mol. The number of benzene rings is 1. The van der Waals surface area contributed by atoms with Crippen molar-refractivity contribution in [3.8, 4) is 5.75 Å². The summed E-state index contributed by atoms with van der Waals surface area (Å²) in [7, 11) is 0. The first-order chi connectivity index (χ1) is 18.6. The highest BCUT2D eigenvalue weighted by atomic mass is 19.1. The predicted octanol–water partition coefficient (Wildman–Crippen LogP) is 1.46. The van der Waals surface area contributed by atoms with E-state index in [9.17, 15) is 23.6 Å². The molecule has 2 aliphatic rings. The van der Waals surface area contributed by atoms with Crippen LogP contribution in [-0.2, 0) is 16.1 Å². The molecule has 2 aromatic heterocycles. The average Bonchev–Trinajstić information content (AvgIpc) is 3.30. The summed E-state index contributed by atoms with van der Waals surface area (Å²) in [6.45, 7) is 2.04. The fraction of sp³-hybridized carbons (Fsp3) is 0.308. The zero-order valence-corrected chi connectivity index (χ0v) is 21.0. The van der Waals surface area contributed by atoms with Crippen LogP contribution in [0.25, 0.3) is 5.65 Å². The Morgan fingerprint density at radius 2 is 2.00 bits per heavy atom. The molecule has 1 aromatic carbocycles. The van der Waals surface area contributed by atoms with Crippen molar-refractivity contribution in [2.24, 2.45) is 11.1 Å². The van der Waals surface area contributed by atoms with Gasteiger partial charge in [0.25, 0.3) is 17.7 Å². The molecule has 0 fully saturated rings. The molecule has 0 bridgehead atoms. The quantitative estimate of drug-likeness (QED) is 0.332. The molecule has 39 heavy (non-hydrogen) atoms. The summed E-state index contributed by atoms with van der Waals surface area (Å²) in [6.07, 6.45) is 4.45. The van der Waals surface area contributed by atoms with Gasteiger partial charge in [-0.15, -0.1) is 0 Å². The van der Waals surface area contributed by atoms with E-state index in [1.807, 2.05) is 13.0 Å². The number of halogens is 1. The summed E-state index contributed by atoms with van der Waals surface area (Å²) in [5.41, 5.74) is 6.47. The number of aromatic nitrogens is 3. The van der Waals surface area contributed by atoms with Crippen molar-refractivity contribution >= 4 is 35.0 Å². The number of anilines is 1. The van der Waals surface area contributed by atoms with Gasteiger partial charge in [-0.25, -0.2) is 13.9 Å². The number of amides is 4. The molecule has 0 saturated carbocycles. The highest BCUT2D eigenvalue weighted by Crippen LogP contribution is 2.34. The van der Waals surface area contributed by atoms with Gasteiger partial charge in [-0.05, 0) is 37.0 Å². The second-order valence-electron chi connectivity index (χ2n) is 9.78. The summed E-state index contributed by atoms with van der Waals surface area (Å²) < 4.78 is 20.8. The van der Waals surface area contributed by atoms with Crippen LogP contribution in [0.15, 0.2) is 42.1 Å². The predicted molar refractivity (Wildman–Crippen MR) is 136 cm³/mol. The molecule has 5 N–H and O–H groups in total. The molecule has 3 aromatic rings. The lowest BCUT2D eigenvalue weighted by molar-refractivity contribution is -0.127. The molecule has 1 unspecified atom stereocenters. The standard InChI is InChI=1S/C26H26FN7O5/c1-26(25(28)38)6-4-14(5-7-26)10-30-24(37)19-9-18(33-22-16(27)12-31-34(19)22)23(36)29-11-15-2-3-20-17(8-15)32-21(35)13-39-20/h2-4,8-9,12H,5-7,10-11,13H2,1H3,(H2,28,38)(H,29,36)(H,30,37)(H,32,35). The number of hydrogen-bond donors (Lipinski definition) is 4. The van der Waals surface area contributed by atoms with E-state index in [1.165, 1.54) is 6.07 Å². The van der Waals surface area contributed by atoms with Gasteiger partial charge in [0.05, 0.1) is 11.9 Å². The van der Waals surface area contributed by atoms with Crippen LogP contribution in [0.5, 0.6) is 5.75 Å². The number of primary amides is 1. The molecular formula is C26H26FN7O5. The molecule has 0 saturated heterocycles. The van der Waals surface area contributed by atoms with E-state index in [1.54, 1.807) is 18.2 Å². The summed E-state index contributed by atoms with van der Waals surface area (Å²) in [5, 5.41) is 12.0.